The summed E-state index contributed by atoms with van der Waals surface area (Å²) in [7, 11) is 0. The zero-order chi connectivity index (χ0) is 16.1. The molecule has 2 aromatic rings. The molecule has 0 amide bonds. The minimum atomic E-state index is -0.261. The lowest BCUT2D eigenvalue weighted by Crippen LogP contribution is -2.24. The van der Waals surface area contributed by atoms with Crippen molar-refractivity contribution in [2.45, 2.75) is 33.6 Å². The Bertz CT molecular complexity index is 644. The fourth-order valence-corrected chi connectivity index (χ4v) is 2.63. The highest BCUT2D eigenvalue weighted by atomic mass is 19.1. The number of halogens is 1. The van der Waals surface area contributed by atoms with Gasteiger partial charge in [-0.3, -0.25) is 4.79 Å². The third kappa shape index (κ3) is 3.63. The maximum absolute atomic E-state index is 13.1. The van der Waals surface area contributed by atoms with Gasteiger partial charge in [0.2, 0.25) is 0 Å². The van der Waals surface area contributed by atoms with E-state index < -0.39 is 0 Å². The Morgan fingerprint density at radius 3 is 2.55 bits per heavy atom. The Morgan fingerprint density at radius 1 is 1.23 bits per heavy atom. The third-order valence-electron chi connectivity index (χ3n) is 3.81. The fourth-order valence-electron chi connectivity index (χ4n) is 2.63. The van der Waals surface area contributed by atoms with Gasteiger partial charge in [0.25, 0.3) is 0 Å². The number of unbranched alkanes of at least 4 members (excludes halogenated alkanes) is 1. The number of benzene rings is 1. The molecule has 2 rings (SSSR count). The zero-order valence-corrected chi connectivity index (χ0v) is 13.4. The number of rotatable bonds is 7. The predicted molar refractivity (Wildman–Crippen MR) is 87.3 cm³/mol. The first-order chi connectivity index (χ1) is 10.5. The molecule has 1 aromatic heterocycles. The number of ketones is 1. The molecule has 0 aliphatic rings. The lowest BCUT2D eigenvalue weighted by Gasteiger charge is -2.10. The molecule has 0 aliphatic carbocycles. The Morgan fingerprint density at radius 2 is 1.91 bits per heavy atom. The van der Waals surface area contributed by atoms with Gasteiger partial charge in [0.15, 0.2) is 5.78 Å². The number of nitrogens with zero attached hydrogens (tertiary/aromatic N) is 1. The highest BCUT2D eigenvalue weighted by Crippen LogP contribution is 2.21. The highest BCUT2D eigenvalue weighted by Gasteiger charge is 2.16. The average Bonchev–Trinajstić information content (AvgIpc) is 2.80. The molecule has 0 bridgehead atoms. The molecule has 0 spiro atoms. The topological polar surface area (TPSA) is 34.0 Å². The summed E-state index contributed by atoms with van der Waals surface area (Å²) >= 11 is 0. The maximum Gasteiger partial charge on any atom is 0.178 e. The van der Waals surface area contributed by atoms with Crippen molar-refractivity contribution >= 4 is 5.78 Å². The summed E-state index contributed by atoms with van der Waals surface area (Å²) in [6, 6.07) is 8.22. The zero-order valence-electron chi connectivity index (χ0n) is 13.4. The van der Waals surface area contributed by atoms with Crippen LogP contribution in [0.15, 0.2) is 30.3 Å². The molecular weight excluding hydrogens is 279 g/mol. The van der Waals surface area contributed by atoms with Crippen LogP contribution < -0.4 is 5.32 Å². The summed E-state index contributed by atoms with van der Waals surface area (Å²) in [4.78, 5) is 12.3. The standard InChI is InChI=1S/C18H23FN2O/c1-4-5-10-20-12-18(22)17-11-13(2)21(14(17)3)16-8-6-15(19)7-9-16/h6-9,11,20H,4-5,10,12H2,1-3H3. The summed E-state index contributed by atoms with van der Waals surface area (Å²) in [5.74, 6) is -0.166. The van der Waals surface area contributed by atoms with Gasteiger partial charge in [0.1, 0.15) is 5.82 Å². The molecule has 0 atom stereocenters. The Balaban J connectivity index is 2.19. The second-order valence-corrected chi connectivity index (χ2v) is 5.55. The normalized spacial score (nSPS) is 10.9. The van der Waals surface area contributed by atoms with E-state index in [0.717, 1.165) is 42.0 Å². The van der Waals surface area contributed by atoms with Crippen molar-refractivity contribution in [2.24, 2.45) is 0 Å². The van der Waals surface area contributed by atoms with Crippen LogP contribution in [0.5, 0.6) is 0 Å². The van der Waals surface area contributed by atoms with Crippen LogP contribution in [0.4, 0.5) is 4.39 Å². The van der Waals surface area contributed by atoms with Crippen molar-refractivity contribution in [1.29, 1.82) is 0 Å². The van der Waals surface area contributed by atoms with Gasteiger partial charge in [-0.2, -0.15) is 0 Å². The van der Waals surface area contributed by atoms with E-state index >= 15 is 0 Å². The third-order valence-corrected chi connectivity index (χ3v) is 3.81. The monoisotopic (exact) mass is 302 g/mol. The summed E-state index contributed by atoms with van der Waals surface area (Å²) in [6.07, 6.45) is 2.18. The van der Waals surface area contributed by atoms with E-state index in [0.29, 0.717) is 6.54 Å². The minimum Gasteiger partial charge on any atom is -0.318 e. The van der Waals surface area contributed by atoms with Crippen molar-refractivity contribution < 1.29 is 9.18 Å². The van der Waals surface area contributed by atoms with E-state index in [2.05, 4.69) is 12.2 Å². The van der Waals surface area contributed by atoms with E-state index in [4.69, 9.17) is 0 Å². The molecule has 0 saturated carbocycles. The van der Waals surface area contributed by atoms with Crippen molar-refractivity contribution in [2.75, 3.05) is 13.1 Å². The van der Waals surface area contributed by atoms with E-state index in [1.165, 1.54) is 12.1 Å². The lowest BCUT2D eigenvalue weighted by atomic mass is 10.1. The highest BCUT2D eigenvalue weighted by molar-refractivity contribution is 5.99. The molecule has 118 valence electrons. The van der Waals surface area contributed by atoms with Crippen LogP contribution in [0.25, 0.3) is 5.69 Å². The molecule has 1 aromatic carbocycles. The Labute approximate surface area is 131 Å². The molecule has 4 heteroatoms. The van der Waals surface area contributed by atoms with Gasteiger partial charge < -0.3 is 9.88 Å². The molecule has 22 heavy (non-hydrogen) atoms. The molecule has 1 N–H and O–H groups in total. The van der Waals surface area contributed by atoms with Gasteiger partial charge in [-0.25, -0.2) is 4.39 Å². The van der Waals surface area contributed by atoms with E-state index in [1.807, 2.05) is 24.5 Å². The van der Waals surface area contributed by atoms with Crippen LogP contribution in [-0.4, -0.2) is 23.4 Å². The SMILES string of the molecule is CCCCNCC(=O)c1cc(C)n(-c2ccc(F)cc2)c1C. The van der Waals surface area contributed by atoms with Crippen LogP contribution in [-0.2, 0) is 0 Å². The molecule has 0 saturated heterocycles. The van der Waals surface area contributed by atoms with Gasteiger partial charge in [-0.1, -0.05) is 13.3 Å². The first-order valence-corrected chi connectivity index (χ1v) is 7.73. The van der Waals surface area contributed by atoms with Crippen molar-refractivity contribution in [3.05, 3.63) is 53.1 Å². The van der Waals surface area contributed by atoms with Gasteiger partial charge in [0, 0.05) is 22.6 Å². The van der Waals surface area contributed by atoms with Crippen molar-refractivity contribution in [3.63, 3.8) is 0 Å². The molecule has 0 aliphatic heterocycles. The molecule has 0 radical (unpaired) electrons. The number of aromatic nitrogens is 1. The number of hydrogen-bond donors (Lipinski definition) is 1. The second kappa shape index (κ2) is 7.36. The number of hydrogen-bond acceptors (Lipinski definition) is 2. The smallest absolute Gasteiger partial charge is 0.178 e. The molecular formula is C18H23FN2O. The minimum absolute atomic E-state index is 0.0950. The van der Waals surface area contributed by atoms with E-state index in [9.17, 15) is 9.18 Å². The molecule has 0 fully saturated rings. The van der Waals surface area contributed by atoms with Gasteiger partial charge in [-0.05, 0) is 57.1 Å². The van der Waals surface area contributed by atoms with Crippen LogP contribution in [0.3, 0.4) is 0 Å². The number of carbonyl (C=O) groups excluding carboxylic acids is 1. The maximum atomic E-state index is 13.1. The van der Waals surface area contributed by atoms with Gasteiger partial charge in [-0.15, -0.1) is 0 Å². The van der Waals surface area contributed by atoms with E-state index in [1.54, 1.807) is 12.1 Å². The number of aryl methyl sites for hydroxylation is 1. The number of carbonyl (C=O) groups is 1. The lowest BCUT2D eigenvalue weighted by molar-refractivity contribution is 0.0990. The summed E-state index contributed by atoms with van der Waals surface area (Å²) in [6.45, 7) is 7.22. The molecule has 3 nitrogen and oxygen atoms in total. The predicted octanol–water partition coefficient (Wildman–Crippen LogP) is 3.81. The van der Waals surface area contributed by atoms with Crippen molar-refractivity contribution in [3.8, 4) is 5.69 Å². The fraction of sp³-hybridized carbons (Fsp3) is 0.389. The quantitative estimate of drug-likeness (QED) is 0.623. The van der Waals surface area contributed by atoms with Gasteiger partial charge >= 0.3 is 0 Å². The van der Waals surface area contributed by atoms with E-state index in [-0.39, 0.29) is 11.6 Å². The Kier molecular flexibility index (Phi) is 5.50. The largest absolute Gasteiger partial charge is 0.318 e. The van der Waals surface area contributed by atoms with Crippen LogP contribution in [0.1, 0.15) is 41.5 Å². The summed E-state index contributed by atoms with van der Waals surface area (Å²) in [5, 5.41) is 3.18. The average molecular weight is 302 g/mol. The number of nitrogens with one attached hydrogen (secondary N) is 1. The van der Waals surface area contributed by atoms with Crippen LogP contribution in [0.2, 0.25) is 0 Å². The summed E-state index contributed by atoms with van der Waals surface area (Å²) < 4.78 is 15.1. The van der Waals surface area contributed by atoms with Crippen molar-refractivity contribution in [1.82, 2.24) is 9.88 Å². The Hall–Kier alpha value is -1.94. The molecule has 0 unspecified atom stereocenters. The molecule has 1 heterocycles. The van der Waals surface area contributed by atoms with Crippen LogP contribution in [0, 0.1) is 19.7 Å². The second-order valence-electron chi connectivity index (χ2n) is 5.55. The van der Waals surface area contributed by atoms with Crippen LogP contribution >= 0.6 is 0 Å². The first-order valence-electron chi connectivity index (χ1n) is 7.73. The summed E-state index contributed by atoms with van der Waals surface area (Å²) in [5.41, 5.74) is 3.47. The first kappa shape index (κ1) is 16.4. The van der Waals surface area contributed by atoms with Gasteiger partial charge in [0.05, 0.1) is 6.54 Å². The number of Topliss-reactive ketones (excluding diaryl/α,β-unsaturated/α-hetero) is 1.